The molecule has 1 fully saturated rings. The zero-order valence-electron chi connectivity index (χ0n) is 23.0. The number of anilines is 1. The van der Waals surface area contributed by atoms with Gasteiger partial charge in [0.05, 0.1) is 23.5 Å². The maximum Gasteiger partial charge on any atom is 0.227 e. The molecule has 3 aromatic carbocycles. The van der Waals surface area contributed by atoms with Gasteiger partial charge in [0, 0.05) is 49.0 Å². The highest BCUT2D eigenvalue weighted by Gasteiger charge is 2.36. The summed E-state index contributed by atoms with van der Waals surface area (Å²) in [5, 5.41) is 12.5. The Labute approximate surface area is 227 Å². The van der Waals surface area contributed by atoms with Crippen molar-refractivity contribution in [3.8, 4) is 11.1 Å². The zero-order chi connectivity index (χ0) is 28.2. The largest absolute Gasteiger partial charge is 0.386 e. The first-order valence-corrected chi connectivity index (χ1v) is 13.1. The molecule has 1 saturated heterocycles. The van der Waals surface area contributed by atoms with E-state index < -0.39 is 11.5 Å². The monoisotopic (exact) mass is 526 g/mol. The minimum Gasteiger partial charge on any atom is -0.386 e. The number of aliphatic hydroxyl groups is 1. The number of benzene rings is 3. The summed E-state index contributed by atoms with van der Waals surface area (Å²) in [4.78, 5) is 44.2. The zero-order valence-corrected chi connectivity index (χ0v) is 23.0. The Bertz CT molecular complexity index is 1640. The van der Waals surface area contributed by atoms with E-state index in [-0.39, 0.29) is 30.6 Å². The molecule has 1 atom stereocenters. The Morgan fingerprint density at radius 3 is 2.54 bits per heavy atom. The Kier molecular flexibility index (Phi) is 6.47. The van der Waals surface area contributed by atoms with Crippen molar-refractivity contribution >= 4 is 45.2 Å². The van der Waals surface area contributed by atoms with Crippen LogP contribution >= 0.6 is 0 Å². The summed E-state index contributed by atoms with van der Waals surface area (Å²) < 4.78 is 0. The highest BCUT2D eigenvalue weighted by Crippen LogP contribution is 2.41. The first-order chi connectivity index (χ1) is 18.4. The van der Waals surface area contributed by atoms with Crippen LogP contribution in [0.4, 0.5) is 5.69 Å². The van der Waals surface area contributed by atoms with Gasteiger partial charge in [0.2, 0.25) is 17.7 Å². The number of H-pyrrole nitrogens is 1. The fourth-order valence-corrected chi connectivity index (χ4v) is 5.69. The fraction of sp³-hybridized carbons (Fsp3) is 0.323. The third-order valence-electron chi connectivity index (χ3n) is 7.71. The molecule has 1 aliphatic rings. The van der Waals surface area contributed by atoms with Crippen molar-refractivity contribution in [2.45, 2.75) is 39.2 Å². The Hall–Kier alpha value is -4.17. The van der Waals surface area contributed by atoms with Crippen LogP contribution in [0, 0.1) is 12.8 Å². The molecular formula is C31H34N4O4. The summed E-state index contributed by atoms with van der Waals surface area (Å²) in [6, 6.07) is 15.6. The smallest absolute Gasteiger partial charge is 0.227 e. The number of carbonyl (C=O) groups excluding carboxylic acids is 3. The number of rotatable bonds is 6. The highest BCUT2D eigenvalue weighted by molar-refractivity contribution is 6.16. The number of primary amides is 1. The molecule has 39 heavy (non-hydrogen) atoms. The Morgan fingerprint density at radius 2 is 1.87 bits per heavy atom. The van der Waals surface area contributed by atoms with Gasteiger partial charge in [-0.2, -0.15) is 0 Å². The number of hydrogen-bond donors (Lipinski definition) is 3. The molecule has 0 spiro atoms. The molecule has 5 rings (SSSR count). The van der Waals surface area contributed by atoms with Crippen molar-refractivity contribution in [3.05, 3.63) is 65.2 Å². The van der Waals surface area contributed by atoms with Gasteiger partial charge in [0.1, 0.15) is 0 Å². The third kappa shape index (κ3) is 4.65. The second-order valence-corrected chi connectivity index (χ2v) is 11.2. The number of nitrogens with one attached hydrogen (secondary N) is 1. The molecule has 4 aromatic rings. The molecule has 0 bridgehead atoms. The SMILES string of the molecule is Cc1c(-c2ccc(CC(N)=O)c3[nH]c4cc(C(C)(C)O)ccc4c23)cccc1N1CC(C(=O)N(C)C)CC1=O. The molecule has 1 unspecified atom stereocenters. The number of fused-ring (bicyclic) bond motifs is 3. The van der Waals surface area contributed by atoms with E-state index >= 15 is 0 Å². The van der Waals surface area contributed by atoms with Crippen LogP contribution in [-0.2, 0) is 26.4 Å². The van der Waals surface area contributed by atoms with E-state index in [1.54, 1.807) is 32.8 Å². The minimum atomic E-state index is -1.01. The maximum absolute atomic E-state index is 13.0. The molecule has 1 aliphatic heterocycles. The number of amides is 3. The molecule has 2 heterocycles. The lowest BCUT2D eigenvalue weighted by atomic mass is 9.91. The number of hydrogen-bond acceptors (Lipinski definition) is 4. The predicted octanol–water partition coefficient (Wildman–Crippen LogP) is 3.99. The van der Waals surface area contributed by atoms with Crippen LogP contribution in [0.5, 0.6) is 0 Å². The highest BCUT2D eigenvalue weighted by atomic mass is 16.3. The Balaban J connectivity index is 1.68. The van der Waals surface area contributed by atoms with E-state index in [4.69, 9.17) is 5.73 Å². The van der Waals surface area contributed by atoms with E-state index in [1.807, 2.05) is 55.5 Å². The van der Waals surface area contributed by atoms with Crippen molar-refractivity contribution in [1.29, 1.82) is 0 Å². The van der Waals surface area contributed by atoms with Gasteiger partial charge in [-0.25, -0.2) is 0 Å². The number of aromatic nitrogens is 1. The van der Waals surface area contributed by atoms with Crippen LogP contribution in [0.3, 0.4) is 0 Å². The standard InChI is InChI=1S/C31H34N4O4/c1-17-21(7-6-8-25(17)35-16-19(14-27(35)37)30(38)34(4)5)22-11-9-18(13-26(32)36)29-28(22)23-12-10-20(31(2,3)39)15-24(23)33-29/h6-12,15,19,33,39H,13-14,16H2,1-5H3,(H2,32,36). The molecule has 0 radical (unpaired) electrons. The van der Waals surface area contributed by atoms with Crippen molar-refractivity contribution in [2.24, 2.45) is 11.7 Å². The van der Waals surface area contributed by atoms with Gasteiger partial charge in [-0.05, 0) is 60.7 Å². The first kappa shape index (κ1) is 26.4. The lowest BCUT2D eigenvalue weighted by molar-refractivity contribution is -0.133. The average molecular weight is 527 g/mol. The van der Waals surface area contributed by atoms with Crippen molar-refractivity contribution in [1.82, 2.24) is 9.88 Å². The lowest BCUT2D eigenvalue weighted by Gasteiger charge is -2.22. The third-order valence-corrected chi connectivity index (χ3v) is 7.71. The number of nitrogens with zero attached hydrogens (tertiary/aromatic N) is 2. The van der Waals surface area contributed by atoms with E-state index in [2.05, 4.69) is 4.98 Å². The van der Waals surface area contributed by atoms with Crippen molar-refractivity contribution < 1.29 is 19.5 Å². The second-order valence-electron chi connectivity index (χ2n) is 11.2. The molecule has 0 saturated carbocycles. The van der Waals surface area contributed by atoms with Gasteiger partial charge in [0.25, 0.3) is 0 Å². The summed E-state index contributed by atoms with van der Waals surface area (Å²) in [6.07, 6.45) is 0.281. The van der Waals surface area contributed by atoms with Gasteiger partial charge in [0.15, 0.2) is 0 Å². The molecule has 1 aromatic heterocycles. The summed E-state index contributed by atoms with van der Waals surface area (Å²) in [7, 11) is 3.42. The predicted molar refractivity (Wildman–Crippen MR) is 153 cm³/mol. The molecular weight excluding hydrogens is 492 g/mol. The topological polar surface area (TPSA) is 120 Å². The Morgan fingerprint density at radius 1 is 1.13 bits per heavy atom. The van der Waals surface area contributed by atoms with Crippen LogP contribution in [0.15, 0.2) is 48.5 Å². The molecule has 202 valence electrons. The van der Waals surface area contributed by atoms with Crippen molar-refractivity contribution in [2.75, 3.05) is 25.5 Å². The molecule has 0 aliphatic carbocycles. The normalized spacial score (nSPS) is 15.9. The molecule has 4 N–H and O–H groups in total. The van der Waals surface area contributed by atoms with Crippen LogP contribution in [-0.4, -0.2) is 53.4 Å². The second kappa shape index (κ2) is 9.54. The number of aromatic amines is 1. The molecule has 3 amide bonds. The van der Waals surface area contributed by atoms with E-state index in [1.165, 1.54) is 4.90 Å². The molecule has 8 nitrogen and oxygen atoms in total. The van der Waals surface area contributed by atoms with Gasteiger partial charge < -0.3 is 25.6 Å². The summed E-state index contributed by atoms with van der Waals surface area (Å²) in [5.41, 5.74) is 11.4. The van der Waals surface area contributed by atoms with Gasteiger partial charge in [-0.1, -0.05) is 36.4 Å². The van der Waals surface area contributed by atoms with Gasteiger partial charge in [-0.15, -0.1) is 0 Å². The first-order valence-electron chi connectivity index (χ1n) is 13.1. The van der Waals surface area contributed by atoms with Crippen LogP contribution in [0.1, 0.15) is 37.0 Å². The minimum absolute atomic E-state index is 0.0457. The van der Waals surface area contributed by atoms with E-state index in [9.17, 15) is 19.5 Å². The summed E-state index contributed by atoms with van der Waals surface area (Å²) in [5.74, 6) is -0.902. The van der Waals surface area contributed by atoms with Crippen LogP contribution < -0.4 is 10.6 Å². The quantitative estimate of drug-likeness (QED) is 0.352. The maximum atomic E-state index is 13.0. The number of carbonyl (C=O) groups is 3. The fourth-order valence-electron chi connectivity index (χ4n) is 5.69. The summed E-state index contributed by atoms with van der Waals surface area (Å²) >= 11 is 0. The van der Waals surface area contributed by atoms with E-state index in [0.717, 1.165) is 55.3 Å². The number of nitrogens with two attached hydrogens (primary N) is 1. The summed E-state index contributed by atoms with van der Waals surface area (Å²) in [6.45, 7) is 5.82. The van der Waals surface area contributed by atoms with Crippen LogP contribution in [0.25, 0.3) is 32.9 Å². The molecule has 8 heteroatoms. The van der Waals surface area contributed by atoms with Crippen molar-refractivity contribution in [3.63, 3.8) is 0 Å². The van der Waals surface area contributed by atoms with Crippen LogP contribution in [0.2, 0.25) is 0 Å². The van der Waals surface area contributed by atoms with Gasteiger partial charge in [-0.3, -0.25) is 14.4 Å². The van der Waals surface area contributed by atoms with E-state index in [0.29, 0.717) is 6.54 Å². The average Bonchev–Trinajstić information content (AvgIpc) is 3.44. The lowest BCUT2D eigenvalue weighted by Crippen LogP contribution is -2.32. The van der Waals surface area contributed by atoms with Gasteiger partial charge >= 0.3 is 0 Å².